The van der Waals surface area contributed by atoms with E-state index in [1.807, 2.05) is 0 Å². The molecule has 0 rings (SSSR count). The number of hydrogen-bond donors (Lipinski definition) is 3. The molecule has 0 radical (unpaired) electrons. The van der Waals surface area contributed by atoms with E-state index in [1.165, 1.54) is 116 Å². The van der Waals surface area contributed by atoms with Crippen LogP contribution in [0.3, 0.4) is 0 Å². The number of aliphatic hydroxyl groups is 2. The van der Waals surface area contributed by atoms with E-state index in [0.717, 1.165) is 13.5 Å². The highest BCUT2D eigenvalue weighted by Crippen LogP contribution is 2.12. The van der Waals surface area contributed by atoms with Gasteiger partial charge in [-0.1, -0.05) is 103 Å². The van der Waals surface area contributed by atoms with Crippen molar-refractivity contribution < 1.29 is 20.1 Å². The Balaban J connectivity index is 0. The molecule has 0 aliphatic heterocycles. The Kier molecular flexibility index (Phi) is 32.3. The van der Waals surface area contributed by atoms with Gasteiger partial charge in [0, 0.05) is 20.0 Å². The molecule has 0 aromatic rings. The highest BCUT2D eigenvalue weighted by molar-refractivity contribution is 5.62. The average molecular weight is 472 g/mol. The van der Waals surface area contributed by atoms with Crippen LogP contribution in [-0.2, 0) is 4.79 Å². The van der Waals surface area contributed by atoms with Gasteiger partial charge < -0.3 is 15.3 Å². The first kappa shape index (κ1) is 34.3. The minimum Gasteiger partial charge on any atom is -0.481 e. The molecular weight excluding hydrogens is 414 g/mol. The number of aliphatic hydroxyl groups excluding tert-OH is 2. The molecule has 0 saturated carbocycles. The van der Waals surface area contributed by atoms with E-state index in [1.54, 1.807) is 0 Å². The molecule has 0 spiro atoms. The molecule has 0 aromatic heterocycles. The summed E-state index contributed by atoms with van der Waals surface area (Å²) in [6.07, 6.45) is 29.3. The fraction of sp³-hybridized carbons (Fsp3) is 0.893. The van der Waals surface area contributed by atoms with Crippen LogP contribution in [0.4, 0.5) is 0 Å². The number of carboxylic acid groups (broad SMARTS) is 1. The van der Waals surface area contributed by atoms with E-state index in [0.29, 0.717) is 13.1 Å². The normalized spacial score (nSPS) is 11.2. The molecule has 0 saturated heterocycles. The molecule has 0 heterocycles. The predicted molar refractivity (Wildman–Crippen MR) is 142 cm³/mol. The second kappa shape index (κ2) is 31.1. The molecule has 0 bridgehead atoms. The number of nitrogens with zero attached hydrogens (tertiary/aromatic N) is 1. The third-order valence-electron chi connectivity index (χ3n) is 5.82. The predicted octanol–water partition coefficient (Wildman–Crippen LogP) is 6.96. The number of unbranched alkanes of at least 4 members (excludes halogenated alkanes) is 16. The zero-order valence-electron chi connectivity index (χ0n) is 22.1. The maximum atomic E-state index is 9.00. The van der Waals surface area contributed by atoms with Crippen molar-refractivity contribution in [1.29, 1.82) is 0 Å². The first-order chi connectivity index (χ1) is 16.1. The second-order valence-corrected chi connectivity index (χ2v) is 9.16. The van der Waals surface area contributed by atoms with Gasteiger partial charge in [0.05, 0.1) is 13.2 Å². The van der Waals surface area contributed by atoms with E-state index < -0.39 is 5.97 Å². The van der Waals surface area contributed by atoms with Crippen LogP contribution in [0, 0.1) is 0 Å². The number of hydrogen-bond acceptors (Lipinski definition) is 4. The molecule has 0 atom stereocenters. The van der Waals surface area contributed by atoms with Gasteiger partial charge in [0.2, 0.25) is 0 Å². The van der Waals surface area contributed by atoms with Crippen LogP contribution in [0.15, 0.2) is 12.2 Å². The highest BCUT2D eigenvalue weighted by atomic mass is 16.4. The van der Waals surface area contributed by atoms with E-state index in [2.05, 4.69) is 24.0 Å². The van der Waals surface area contributed by atoms with Crippen LogP contribution < -0.4 is 0 Å². The third kappa shape index (κ3) is 35.9. The Morgan fingerprint density at radius 1 is 0.606 bits per heavy atom. The van der Waals surface area contributed by atoms with E-state index >= 15 is 0 Å². The summed E-state index contributed by atoms with van der Waals surface area (Å²) >= 11 is 0. The fourth-order valence-electron chi connectivity index (χ4n) is 3.91. The number of carbonyl (C=O) groups is 1. The van der Waals surface area contributed by atoms with Crippen LogP contribution in [-0.4, -0.2) is 59.0 Å². The molecule has 5 heteroatoms. The summed E-state index contributed by atoms with van der Waals surface area (Å²) in [4.78, 5) is 11.2. The molecule has 33 heavy (non-hydrogen) atoms. The number of rotatable bonds is 24. The van der Waals surface area contributed by atoms with E-state index in [9.17, 15) is 0 Å². The maximum absolute atomic E-state index is 9.00. The molecule has 0 aliphatic rings. The smallest absolute Gasteiger partial charge is 0.300 e. The zero-order chi connectivity index (χ0) is 24.8. The van der Waals surface area contributed by atoms with Crippen LogP contribution >= 0.6 is 0 Å². The van der Waals surface area contributed by atoms with Gasteiger partial charge in [-0.2, -0.15) is 0 Å². The monoisotopic (exact) mass is 471 g/mol. The molecule has 0 aromatic carbocycles. The average Bonchev–Trinajstić information content (AvgIpc) is 2.77. The fourth-order valence-corrected chi connectivity index (χ4v) is 3.91. The van der Waals surface area contributed by atoms with Crippen molar-refractivity contribution in [3.05, 3.63) is 12.2 Å². The van der Waals surface area contributed by atoms with Crippen LogP contribution in [0.2, 0.25) is 0 Å². The SMILES string of the molecule is CC(=O)O.CCCCCCCCC=CCCCCCCCCCCCCN(CCO)CCO. The Hall–Kier alpha value is -0.910. The van der Waals surface area contributed by atoms with Crippen molar-refractivity contribution in [3.63, 3.8) is 0 Å². The quantitative estimate of drug-likeness (QED) is 0.105. The molecule has 3 N–H and O–H groups in total. The Morgan fingerprint density at radius 2 is 0.939 bits per heavy atom. The third-order valence-corrected chi connectivity index (χ3v) is 5.82. The van der Waals surface area contributed by atoms with Crippen molar-refractivity contribution >= 4 is 5.97 Å². The standard InChI is InChI=1S/C26H53NO2.C2H4O2/c1-2-3-4-5-6-7-8-9-10-11-12-13-14-15-16-17-18-19-20-21-22-27(23-25-28)24-26-29;1-2(3)4/h9-10,28-29H,2-8,11-26H2,1H3;1H3,(H,3,4). The van der Waals surface area contributed by atoms with Crippen LogP contribution in [0.25, 0.3) is 0 Å². The summed E-state index contributed by atoms with van der Waals surface area (Å²) in [6.45, 7) is 6.13. The van der Waals surface area contributed by atoms with Crippen molar-refractivity contribution in [3.8, 4) is 0 Å². The number of aliphatic carboxylic acids is 1. The lowest BCUT2D eigenvalue weighted by molar-refractivity contribution is -0.134. The largest absolute Gasteiger partial charge is 0.481 e. The Labute approximate surface area is 205 Å². The van der Waals surface area contributed by atoms with Gasteiger partial charge in [0.25, 0.3) is 5.97 Å². The van der Waals surface area contributed by atoms with Gasteiger partial charge in [0.1, 0.15) is 0 Å². The summed E-state index contributed by atoms with van der Waals surface area (Å²) in [5, 5.41) is 25.4. The van der Waals surface area contributed by atoms with Gasteiger partial charge in [-0.25, -0.2) is 0 Å². The minimum absolute atomic E-state index is 0.190. The molecular formula is C28H57NO4. The zero-order valence-corrected chi connectivity index (χ0v) is 22.1. The van der Waals surface area contributed by atoms with E-state index in [4.69, 9.17) is 20.1 Å². The van der Waals surface area contributed by atoms with Crippen molar-refractivity contribution in [2.75, 3.05) is 32.8 Å². The van der Waals surface area contributed by atoms with Gasteiger partial charge in [-0.15, -0.1) is 0 Å². The van der Waals surface area contributed by atoms with E-state index in [-0.39, 0.29) is 13.2 Å². The first-order valence-corrected chi connectivity index (χ1v) is 13.9. The molecule has 0 fully saturated rings. The minimum atomic E-state index is -0.833. The number of allylic oxidation sites excluding steroid dienone is 2. The second-order valence-electron chi connectivity index (χ2n) is 9.16. The van der Waals surface area contributed by atoms with Crippen LogP contribution in [0.1, 0.15) is 129 Å². The molecule has 0 amide bonds. The van der Waals surface area contributed by atoms with Gasteiger partial charge in [-0.3, -0.25) is 9.69 Å². The van der Waals surface area contributed by atoms with Gasteiger partial charge in [-0.05, 0) is 38.6 Å². The molecule has 5 nitrogen and oxygen atoms in total. The lowest BCUT2D eigenvalue weighted by Gasteiger charge is -2.19. The molecule has 198 valence electrons. The lowest BCUT2D eigenvalue weighted by atomic mass is 10.1. The molecule has 0 unspecified atom stereocenters. The number of carboxylic acids is 1. The summed E-state index contributed by atoms with van der Waals surface area (Å²) in [5.41, 5.74) is 0. The molecule has 0 aliphatic carbocycles. The topological polar surface area (TPSA) is 81.0 Å². The van der Waals surface area contributed by atoms with Gasteiger partial charge in [0.15, 0.2) is 0 Å². The van der Waals surface area contributed by atoms with Crippen molar-refractivity contribution in [2.45, 2.75) is 129 Å². The maximum Gasteiger partial charge on any atom is 0.300 e. The summed E-state index contributed by atoms with van der Waals surface area (Å²) in [7, 11) is 0. The first-order valence-electron chi connectivity index (χ1n) is 13.9. The Morgan fingerprint density at radius 3 is 1.30 bits per heavy atom. The summed E-state index contributed by atoms with van der Waals surface area (Å²) < 4.78 is 0. The Bertz CT molecular complexity index is 391. The summed E-state index contributed by atoms with van der Waals surface area (Å²) in [5.74, 6) is -0.833. The van der Waals surface area contributed by atoms with Crippen LogP contribution in [0.5, 0.6) is 0 Å². The van der Waals surface area contributed by atoms with Crippen molar-refractivity contribution in [1.82, 2.24) is 4.90 Å². The highest BCUT2D eigenvalue weighted by Gasteiger charge is 2.02. The van der Waals surface area contributed by atoms with Gasteiger partial charge >= 0.3 is 0 Å². The van der Waals surface area contributed by atoms with Crippen molar-refractivity contribution in [2.24, 2.45) is 0 Å². The summed E-state index contributed by atoms with van der Waals surface area (Å²) in [6, 6.07) is 0. The lowest BCUT2D eigenvalue weighted by Crippen LogP contribution is -2.30.